The van der Waals surface area contributed by atoms with E-state index in [4.69, 9.17) is 17.2 Å². The fraction of sp³-hybridized carbons (Fsp3) is 0.182. The lowest BCUT2D eigenvalue weighted by Crippen LogP contribution is -2.26. The van der Waals surface area contributed by atoms with Gasteiger partial charge in [-0.15, -0.1) is 0 Å². The fourth-order valence-electron chi connectivity index (χ4n) is 1.35. The van der Waals surface area contributed by atoms with Crippen molar-refractivity contribution in [1.82, 2.24) is 0 Å². The van der Waals surface area contributed by atoms with Crippen molar-refractivity contribution in [3.05, 3.63) is 29.3 Å². The van der Waals surface area contributed by atoms with Gasteiger partial charge in [0.15, 0.2) is 5.96 Å². The SMILES string of the molecule is COC(=O)c1cccc(C)c1N=C(N)N=C(N)N. The maximum Gasteiger partial charge on any atom is 0.340 e. The van der Waals surface area contributed by atoms with Crippen LogP contribution >= 0.6 is 0 Å². The van der Waals surface area contributed by atoms with Crippen molar-refractivity contribution in [1.29, 1.82) is 0 Å². The van der Waals surface area contributed by atoms with E-state index in [2.05, 4.69) is 14.7 Å². The summed E-state index contributed by atoms with van der Waals surface area (Å²) in [6, 6.07) is 5.09. The second-order valence-electron chi connectivity index (χ2n) is 3.47. The topological polar surface area (TPSA) is 129 Å². The van der Waals surface area contributed by atoms with E-state index in [1.54, 1.807) is 25.1 Å². The van der Waals surface area contributed by atoms with Gasteiger partial charge < -0.3 is 21.9 Å². The van der Waals surface area contributed by atoms with Crippen LogP contribution in [0.15, 0.2) is 28.2 Å². The van der Waals surface area contributed by atoms with Gasteiger partial charge in [0.25, 0.3) is 0 Å². The number of esters is 1. The molecule has 0 radical (unpaired) electrons. The highest BCUT2D eigenvalue weighted by Crippen LogP contribution is 2.24. The van der Waals surface area contributed by atoms with Crippen LogP contribution in [0.3, 0.4) is 0 Å². The van der Waals surface area contributed by atoms with Crippen LogP contribution in [0.5, 0.6) is 0 Å². The van der Waals surface area contributed by atoms with Gasteiger partial charge in [-0.2, -0.15) is 4.99 Å². The monoisotopic (exact) mass is 249 g/mol. The molecule has 0 aliphatic carbocycles. The predicted octanol–water partition coefficient (Wildman–Crippen LogP) is 0.00122. The number of nitrogens with two attached hydrogens (primary N) is 3. The Hall–Kier alpha value is -2.57. The zero-order valence-electron chi connectivity index (χ0n) is 10.2. The molecule has 96 valence electrons. The molecule has 0 amide bonds. The van der Waals surface area contributed by atoms with Gasteiger partial charge >= 0.3 is 5.97 Å². The van der Waals surface area contributed by atoms with E-state index in [-0.39, 0.29) is 11.9 Å². The Morgan fingerprint density at radius 2 is 1.94 bits per heavy atom. The quantitative estimate of drug-likeness (QED) is 0.386. The summed E-state index contributed by atoms with van der Waals surface area (Å²) in [7, 11) is 1.29. The smallest absolute Gasteiger partial charge is 0.340 e. The molecule has 7 heteroatoms. The highest BCUT2D eigenvalue weighted by atomic mass is 16.5. The van der Waals surface area contributed by atoms with Crippen LogP contribution in [-0.2, 0) is 4.74 Å². The van der Waals surface area contributed by atoms with E-state index >= 15 is 0 Å². The molecular weight excluding hydrogens is 234 g/mol. The number of nitrogens with zero attached hydrogens (tertiary/aromatic N) is 2. The van der Waals surface area contributed by atoms with Crippen molar-refractivity contribution in [2.45, 2.75) is 6.92 Å². The fourth-order valence-corrected chi connectivity index (χ4v) is 1.35. The van der Waals surface area contributed by atoms with E-state index in [0.717, 1.165) is 5.56 Å². The summed E-state index contributed by atoms with van der Waals surface area (Å²) >= 11 is 0. The lowest BCUT2D eigenvalue weighted by molar-refractivity contribution is 0.0601. The Bertz CT molecular complexity index is 518. The lowest BCUT2D eigenvalue weighted by atomic mass is 10.1. The Kier molecular flexibility index (Phi) is 4.25. The zero-order valence-corrected chi connectivity index (χ0v) is 10.2. The van der Waals surface area contributed by atoms with Crippen LogP contribution in [-0.4, -0.2) is 25.0 Å². The van der Waals surface area contributed by atoms with Crippen LogP contribution < -0.4 is 17.2 Å². The molecule has 0 atom stereocenters. The average Bonchev–Trinajstić information content (AvgIpc) is 2.29. The summed E-state index contributed by atoms with van der Waals surface area (Å²) in [6.45, 7) is 1.79. The number of ether oxygens (including phenoxy) is 1. The molecule has 0 unspecified atom stereocenters. The molecule has 0 spiro atoms. The number of carbonyl (C=O) groups is 1. The van der Waals surface area contributed by atoms with Gasteiger partial charge in [-0.05, 0) is 18.6 Å². The van der Waals surface area contributed by atoms with Gasteiger partial charge in [0, 0.05) is 0 Å². The first-order valence-corrected chi connectivity index (χ1v) is 5.07. The molecule has 0 heterocycles. The molecule has 0 aromatic heterocycles. The first kappa shape index (κ1) is 13.5. The number of hydrogen-bond donors (Lipinski definition) is 3. The summed E-state index contributed by atoms with van der Waals surface area (Å²) in [6.07, 6.45) is 0. The number of rotatable bonds is 2. The van der Waals surface area contributed by atoms with E-state index in [1.165, 1.54) is 7.11 Å². The molecule has 1 rings (SSSR count). The summed E-state index contributed by atoms with van der Waals surface area (Å²) in [5.41, 5.74) is 17.3. The van der Waals surface area contributed by atoms with Gasteiger partial charge in [0.1, 0.15) is 0 Å². The second kappa shape index (κ2) is 5.67. The van der Waals surface area contributed by atoms with Crippen LogP contribution in [0.25, 0.3) is 0 Å². The second-order valence-corrected chi connectivity index (χ2v) is 3.47. The minimum atomic E-state index is -0.505. The molecule has 1 aromatic carbocycles. The number of benzene rings is 1. The molecule has 7 nitrogen and oxygen atoms in total. The standard InChI is InChI=1S/C11H15N5O2/c1-6-4-3-5-7(9(17)18-2)8(6)15-11(14)16-10(12)13/h3-5H,1-2H3,(H6,12,13,14,15,16). The van der Waals surface area contributed by atoms with Crippen molar-refractivity contribution in [3.8, 4) is 0 Å². The molecule has 18 heavy (non-hydrogen) atoms. The van der Waals surface area contributed by atoms with Gasteiger partial charge in [-0.1, -0.05) is 12.1 Å². The van der Waals surface area contributed by atoms with Crippen LogP contribution in [0.2, 0.25) is 0 Å². The predicted molar refractivity (Wildman–Crippen MR) is 69.6 cm³/mol. The van der Waals surface area contributed by atoms with Crippen LogP contribution in [0, 0.1) is 6.92 Å². The molecule has 0 bridgehead atoms. The minimum absolute atomic E-state index is 0.130. The third-order valence-corrected chi connectivity index (χ3v) is 2.11. The van der Waals surface area contributed by atoms with E-state index in [0.29, 0.717) is 11.3 Å². The van der Waals surface area contributed by atoms with Crippen molar-refractivity contribution >= 4 is 23.6 Å². The number of carbonyl (C=O) groups excluding carboxylic acids is 1. The maximum absolute atomic E-state index is 11.6. The molecule has 0 aliphatic heterocycles. The van der Waals surface area contributed by atoms with E-state index < -0.39 is 5.97 Å². The number of para-hydroxylation sites is 1. The van der Waals surface area contributed by atoms with Crippen molar-refractivity contribution in [2.75, 3.05) is 7.11 Å². The Morgan fingerprint density at radius 1 is 1.28 bits per heavy atom. The van der Waals surface area contributed by atoms with Crippen molar-refractivity contribution in [3.63, 3.8) is 0 Å². The lowest BCUT2D eigenvalue weighted by Gasteiger charge is -2.06. The van der Waals surface area contributed by atoms with Gasteiger partial charge in [-0.25, -0.2) is 9.79 Å². The summed E-state index contributed by atoms with van der Waals surface area (Å²) in [5.74, 6) is -0.839. The third kappa shape index (κ3) is 3.21. The van der Waals surface area contributed by atoms with E-state index in [9.17, 15) is 4.79 Å². The molecule has 1 aromatic rings. The molecular formula is C11H15N5O2. The summed E-state index contributed by atoms with van der Waals surface area (Å²) in [4.78, 5) is 19.2. The van der Waals surface area contributed by atoms with Gasteiger partial charge in [-0.3, -0.25) is 0 Å². The third-order valence-electron chi connectivity index (χ3n) is 2.11. The summed E-state index contributed by atoms with van der Waals surface area (Å²) < 4.78 is 4.66. The first-order valence-electron chi connectivity index (χ1n) is 5.07. The first-order chi connectivity index (χ1) is 8.45. The largest absolute Gasteiger partial charge is 0.465 e. The van der Waals surface area contributed by atoms with Gasteiger partial charge in [0.05, 0.1) is 18.4 Å². The van der Waals surface area contributed by atoms with Gasteiger partial charge in [0.2, 0.25) is 5.96 Å². The average molecular weight is 249 g/mol. The van der Waals surface area contributed by atoms with E-state index in [1.807, 2.05) is 0 Å². The number of aryl methyl sites for hydroxylation is 1. The molecule has 0 saturated carbocycles. The number of methoxy groups -OCH3 is 1. The van der Waals surface area contributed by atoms with Crippen LogP contribution in [0.4, 0.5) is 5.69 Å². The number of aliphatic imine (C=N–C) groups is 2. The Balaban J connectivity index is 3.31. The highest BCUT2D eigenvalue weighted by molar-refractivity contribution is 5.99. The molecule has 0 saturated heterocycles. The number of hydrogen-bond acceptors (Lipinski definition) is 3. The normalized spacial score (nSPS) is 10.9. The Labute approximate surface area is 104 Å². The molecule has 0 aliphatic rings. The number of guanidine groups is 2. The maximum atomic E-state index is 11.6. The van der Waals surface area contributed by atoms with Crippen molar-refractivity contribution in [2.24, 2.45) is 27.2 Å². The minimum Gasteiger partial charge on any atom is -0.465 e. The zero-order chi connectivity index (χ0) is 13.7. The molecule has 0 fully saturated rings. The summed E-state index contributed by atoms with van der Waals surface area (Å²) in [5, 5.41) is 0. The van der Waals surface area contributed by atoms with Crippen molar-refractivity contribution < 1.29 is 9.53 Å². The highest BCUT2D eigenvalue weighted by Gasteiger charge is 2.13. The Morgan fingerprint density at radius 3 is 2.50 bits per heavy atom. The van der Waals surface area contributed by atoms with Crippen LogP contribution in [0.1, 0.15) is 15.9 Å². The molecule has 6 N–H and O–H groups in total.